The van der Waals surface area contributed by atoms with Crippen molar-refractivity contribution in [2.24, 2.45) is 0 Å². The van der Waals surface area contributed by atoms with E-state index in [2.05, 4.69) is 0 Å². The molecule has 0 heterocycles. The summed E-state index contributed by atoms with van der Waals surface area (Å²) >= 11 is 0. The summed E-state index contributed by atoms with van der Waals surface area (Å²) in [6.45, 7) is 10.1. The number of amides is 2. The predicted octanol–water partition coefficient (Wildman–Crippen LogP) is 1.71. The Kier molecular flexibility index (Phi) is 4.68. The van der Waals surface area contributed by atoms with Crippen molar-refractivity contribution in [3.05, 3.63) is 0 Å². The molecule has 0 aromatic heterocycles. The van der Waals surface area contributed by atoms with Gasteiger partial charge in [0.05, 0.1) is 0 Å². The van der Waals surface area contributed by atoms with E-state index in [1.807, 2.05) is 0 Å². The van der Waals surface area contributed by atoms with Gasteiger partial charge in [0.15, 0.2) is 0 Å². The Balaban J connectivity index is 5.27. The molecule has 0 saturated carbocycles. The van der Waals surface area contributed by atoms with Gasteiger partial charge in [-0.1, -0.05) is 13.8 Å². The molecule has 0 atom stereocenters. The zero-order chi connectivity index (χ0) is 13.1. The molecule has 2 amide bonds. The number of hydrogen-bond donors (Lipinski definition) is 1. The highest BCUT2D eigenvalue weighted by Crippen LogP contribution is 2.24. The average Bonchev–Trinajstić information content (AvgIpc) is 2.13. The summed E-state index contributed by atoms with van der Waals surface area (Å²) in [6.07, 6.45) is 0.615. The van der Waals surface area contributed by atoms with Crippen molar-refractivity contribution < 1.29 is 14.7 Å². The van der Waals surface area contributed by atoms with E-state index in [4.69, 9.17) is 0 Å². The highest BCUT2D eigenvalue weighted by atomic mass is 16.3. The second-order valence-electron chi connectivity index (χ2n) is 5.07. The maximum Gasteiger partial charge on any atom is 0.261 e. The molecule has 16 heavy (non-hydrogen) atoms. The Morgan fingerprint density at radius 1 is 1.12 bits per heavy atom. The molecule has 0 aliphatic carbocycles. The van der Waals surface area contributed by atoms with E-state index in [1.54, 1.807) is 34.6 Å². The van der Waals surface area contributed by atoms with E-state index in [9.17, 15) is 14.7 Å². The fourth-order valence-corrected chi connectivity index (χ4v) is 1.68. The molecular formula is C12H23NO3. The van der Waals surface area contributed by atoms with Crippen LogP contribution < -0.4 is 0 Å². The predicted molar refractivity (Wildman–Crippen MR) is 62.8 cm³/mol. The van der Waals surface area contributed by atoms with Gasteiger partial charge >= 0.3 is 0 Å². The van der Waals surface area contributed by atoms with Crippen LogP contribution in [0.3, 0.4) is 0 Å². The lowest BCUT2D eigenvalue weighted by Crippen LogP contribution is -2.57. The monoisotopic (exact) mass is 229 g/mol. The highest BCUT2D eigenvalue weighted by Gasteiger charge is 2.41. The SMILES string of the molecule is CCC(O)(CC)C(=O)N(C(C)=O)C(C)(C)C. The summed E-state index contributed by atoms with van der Waals surface area (Å²) in [4.78, 5) is 24.8. The number of rotatable bonds is 3. The van der Waals surface area contributed by atoms with E-state index in [0.717, 1.165) is 4.90 Å². The van der Waals surface area contributed by atoms with E-state index >= 15 is 0 Å². The van der Waals surface area contributed by atoms with Gasteiger partial charge in [-0.2, -0.15) is 0 Å². The van der Waals surface area contributed by atoms with Crippen LogP contribution in [0.1, 0.15) is 54.4 Å². The zero-order valence-corrected chi connectivity index (χ0v) is 11.1. The molecule has 94 valence electrons. The Hall–Kier alpha value is -0.900. The van der Waals surface area contributed by atoms with Crippen molar-refractivity contribution >= 4 is 11.8 Å². The van der Waals surface area contributed by atoms with Crippen LogP contribution in [-0.2, 0) is 9.59 Å². The fourth-order valence-electron chi connectivity index (χ4n) is 1.68. The molecule has 0 unspecified atom stereocenters. The van der Waals surface area contributed by atoms with Gasteiger partial charge in [0, 0.05) is 12.5 Å². The standard InChI is InChI=1S/C12H23NO3/c1-7-12(16,8-2)10(15)13(9(3)14)11(4,5)6/h16H,7-8H2,1-6H3. The fraction of sp³-hybridized carbons (Fsp3) is 0.833. The molecule has 0 fully saturated rings. The topological polar surface area (TPSA) is 57.6 Å². The first-order valence-electron chi connectivity index (χ1n) is 5.67. The van der Waals surface area contributed by atoms with Crippen molar-refractivity contribution in [1.82, 2.24) is 4.90 Å². The molecule has 0 aliphatic heterocycles. The normalized spacial score (nSPS) is 12.4. The molecule has 4 nitrogen and oxygen atoms in total. The number of nitrogens with zero attached hydrogens (tertiary/aromatic N) is 1. The number of aliphatic hydroxyl groups is 1. The molecule has 0 spiro atoms. The number of hydrogen-bond acceptors (Lipinski definition) is 3. The molecule has 0 aromatic carbocycles. The van der Waals surface area contributed by atoms with Gasteiger partial charge in [-0.25, -0.2) is 0 Å². The van der Waals surface area contributed by atoms with E-state index in [-0.39, 0.29) is 5.91 Å². The Bertz CT molecular complexity index is 274. The maximum absolute atomic E-state index is 12.2. The van der Waals surface area contributed by atoms with Crippen LogP contribution in [0.2, 0.25) is 0 Å². The molecule has 0 bridgehead atoms. The largest absolute Gasteiger partial charge is 0.380 e. The summed E-state index contributed by atoms with van der Waals surface area (Å²) in [6, 6.07) is 0. The molecule has 0 aliphatic rings. The maximum atomic E-state index is 12.2. The minimum absolute atomic E-state index is 0.308. The number of imide groups is 1. The lowest BCUT2D eigenvalue weighted by Gasteiger charge is -2.38. The van der Waals surface area contributed by atoms with Gasteiger partial charge in [-0.15, -0.1) is 0 Å². The van der Waals surface area contributed by atoms with Crippen LogP contribution >= 0.6 is 0 Å². The molecule has 1 N–H and O–H groups in total. The van der Waals surface area contributed by atoms with Gasteiger partial charge in [0.25, 0.3) is 5.91 Å². The van der Waals surface area contributed by atoms with E-state index in [1.165, 1.54) is 6.92 Å². The van der Waals surface area contributed by atoms with Gasteiger partial charge < -0.3 is 5.11 Å². The molecule has 0 aromatic rings. The van der Waals surface area contributed by atoms with Crippen molar-refractivity contribution in [2.75, 3.05) is 0 Å². The summed E-state index contributed by atoms with van der Waals surface area (Å²) in [5, 5.41) is 10.1. The minimum atomic E-state index is -1.43. The van der Waals surface area contributed by atoms with Crippen molar-refractivity contribution in [3.63, 3.8) is 0 Å². The van der Waals surface area contributed by atoms with Crippen molar-refractivity contribution in [1.29, 1.82) is 0 Å². The smallest absolute Gasteiger partial charge is 0.261 e. The van der Waals surface area contributed by atoms with Crippen LogP contribution in [0.15, 0.2) is 0 Å². The first-order valence-corrected chi connectivity index (χ1v) is 5.67. The van der Waals surface area contributed by atoms with Gasteiger partial charge in [-0.05, 0) is 33.6 Å². The molecular weight excluding hydrogens is 206 g/mol. The third-order valence-corrected chi connectivity index (χ3v) is 2.76. The third-order valence-electron chi connectivity index (χ3n) is 2.76. The van der Waals surface area contributed by atoms with Crippen LogP contribution in [-0.4, -0.2) is 33.0 Å². The second kappa shape index (κ2) is 4.95. The summed E-state index contributed by atoms with van der Waals surface area (Å²) in [5.74, 6) is -0.838. The second-order valence-corrected chi connectivity index (χ2v) is 5.07. The lowest BCUT2D eigenvalue weighted by atomic mass is 9.93. The first-order chi connectivity index (χ1) is 7.10. The zero-order valence-electron chi connectivity index (χ0n) is 11.1. The summed E-state index contributed by atoms with van der Waals surface area (Å²) < 4.78 is 0. The number of carbonyl (C=O) groups excluding carboxylic acids is 2. The summed E-state index contributed by atoms with van der Waals surface area (Å²) in [7, 11) is 0. The Morgan fingerprint density at radius 3 is 1.69 bits per heavy atom. The van der Waals surface area contributed by atoms with Crippen LogP contribution in [0.4, 0.5) is 0 Å². The van der Waals surface area contributed by atoms with E-state index < -0.39 is 17.0 Å². The average molecular weight is 229 g/mol. The number of carbonyl (C=O) groups is 2. The molecule has 0 radical (unpaired) electrons. The van der Waals surface area contributed by atoms with Crippen molar-refractivity contribution in [2.45, 2.75) is 65.5 Å². The third kappa shape index (κ3) is 3.04. The summed E-state index contributed by atoms with van der Waals surface area (Å²) in [5.41, 5.74) is -2.04. The van der Waals surface area contributed by atoms with E-state index in [0.29, 0.717) is 12.8 Å². The van der Waals surface area contributed by atoms with Gasteiger partial charge in [-0.3, -0.25) is 14.5 Å². The molecule has 0 rings (SSSR count). The first kappa shape index (κ1) is 15.1. The lowest BCUT2D eigenvalue weighted by molar-refractivity contribution is -0.164. The minimum Gasteiger partial charge on any atom is -0.380 e. The quantitative estimate of drug-likeness (QED) is 0.801. The van der Waals surface area contributed by atoms with Crippen LogP contribution in [0.5, 0.6) is 0 Å². The van der Waals surface area contributed by atoms with Crippen molar-refractivity contribution in [3.8, 4) is 0 Å². The van der Waals surface area contributed by atoms with Gasteiger partial charge in [0.2, 0.25) is 5.91 Å². The Morgan fingerprint density at radius 2 is 1.50 bits per heavy atom. The van der Waals surface area contributed by atoms with Crippen LogP contribution in [0, 0.1) is 0 Å². The molecule has 4 heteroatoms. The van der Waals surface area contributed by atoms with Crippen LogP contribution in [0.25, 0.3) is 0 Å². The molecule has 0 saturated heterocycles. The Labute approximate surface area is 97.6 Å². The highest BCUT2D eigenvalue weighted by molar-refractivity contribution is 5.99. The van der Waals surface area contributed by atoms with Gasteiger partial charge in [0.1, 0.15) is 5.60 Å².